The van der Waals surface area contributed by atoms with E-state index < -0.39 is 0 Å². The van der Waals surface area contributed by atoms with Crippen LogP contribution in [-0.2, 0) is 11.2 Å². The fraction of sp³-hybridized carbons (Fsp3) is 0.652. The van der Waals surface area contributed by atoms with Crippen LogP contribution < -0.4 is 16.0 Å². The summed E-state index contributed by atoms with van der Waals surface area (Å²) in [6.45, 7) is 11.8. The van der Waals surface area contributed by atoms with Crippen LogP contribution in [0.25, 0.3) is 0 Å². The number of hydrogen-bond acceptors (Lipinski definition) is 4. The Morgan fingerprint density at radius 3 is 2.68 bits per heavy atom. The van der Waals surface area contributed by atoms with Crippen molar-refractivity contribution in [3.8, 4) is 0 Å². The van der Waals surface area contributed by atoms with E-state index in [4.69, 9.17) is 9.73 Å². The van der Waals surface area contributed by atoms with E-state index in [1.165, 1.54) is 0 Å². The van der Waals surface area contributed by atoms with Gasteiger partial charge in [-0.15, -0.1) is 24.0 Å². The van der Waals surface area contributed by atoms with Gasteiger partial charge in [-0.25, -0.2) is 0 Å². The van der Waals surface area contributed by atoms with Crippen molar-refractivity contribution in [2.75, 3.05) is 46.4 Å². The van der Waals surface area contributed by atoms with Crippen LogP contribution in [0.4, 0.5) is 0 Å². The molecule has 1 aromatic carbocycles. The van der Waals surface area contributed by atoms with Gasteiger partial charge in [-0.05, 0) is 57.7 Å². The Balaban J connectivity index is 0.00000480. The van der Waals surface area contributed by atoms with Crippen LogP contribution >= 0.6 is 24.0 Å². The van der Waals surface area contributed by atoms with Crippen molar-refractivity contribution in [3.05, 3.63) is 35.4 Å². The van der Waals surface area contributed by atoms with Gasteiger partial charge in [-0.2, -0.15) is 0 Å². The summed E-state index contributed by atoms with van der Waals surface area (Å²) in [5, 5.41) is 9.61. The van der Waals surface area contributed by atoms with Crippen molar-refractivity contribution in [2.24, 2.45) is 4.99 Å². The second-order valence-corrected chi connectivity index (χ2v) is 7.97. The largest absolute Gasteiger partial charge is 0.377 e. The van der Waals surface area contributed by atoms with Crippen molar-refractivity contribution in [2.45, 2.75) is 52.2 Å². The summed E-state index contributed by atoms with van der Waals surface area (Å²) in [5.41, 5.74) is 1.81. The quantitative estimate of drug-likeness (QED) is 0.240. The molecular weight excluding hydrogens is 505 g/mol. The van der Waals surface area contributed by atoms with Gasteiger partial charge in [0.2, 0.25) is 0 Å². The Kier molecular flexibility index (Phi) is 13.7. The van der Waals surface area contributed by atoms with E-state index in [-0.39, 0.29) is 29.9 Å². The van der Waals surface area contributed by atoms with Gasteiger partial charge in [0.1, 0.15) is 0 Å². The number of nitrogens with zero attached hydrogens (tertiary/aromatic N) is 2. The number of likely N-dealkylation sites (tertiary alicyclic amines) is 1. The summed E-state index contributed by atoms with van der Waals surface area (Å²) in [6.07, 6.45) is 3.32. The van der Waals surface area contributed by atoms with Crippen molar-refractivity contribution in [3.63, 3.8) is 0 Å². The number of carbonyl (C=O) groups is 1. The van der Waals surface area contributed by atoms with E-state index in [0.717, 1.165) is 63.6 Å². The van der Waals surface area contributed by atoms with Crippen LogP contribution in [-0.4, -0.2) is 75.3 Å². The Hall–Kier alpha value is -1.39. The number of amides is 1. The predicted molar refractivity (Wildman–Crippen MR) is 139 cm³/mol. The van der Waals surface area contributed by atoms with Gasteiger partial charge in [0.25, 0.3) is 5.91 Å². The average molecular weight is 546 g/mol. The normalized spacial score (nSPS) is 15.5. The number of aliphatic imine (C=N–C) groups is 1. The minimum Gasteiger partial charge on any atom is -0.377 e. The molecule has 1 saturated heterocycles. The smallest absolute Gasteiger partial charge is 0.251 e. The molecule has 1 fully saturated rings. The van der Waals surface area contributed by atoms with Crippen molar-refractivity contribution in [1.29, 1.82) is 0 Å². The van der Waals surface area contributed by atoms with Gasteiger partial charge < -0.3 is 25.6 Å². The zero-order valence-electron chi connectivity index (χ0n) is 19.4. The second kappa shape index (κ2) is 15.4. The summed E-state index contributed by atoms with van der Waals surface area (Å²) in [7, 11) is 1.65. The molecule has 0 atom stereocenters. The molecule has 1 aromatic rings. The second-order valence-electron chi connectivity index (χ2n) is 7.97. The predicted octanol–water partition coefficient (Wildman–Crippen LogP) is 2.65. The summed E-state index contributed by atoms with van der Waals surface area (Å²) in [4.78, 5) is 19.0. The molecule has 176 valence electrons. The number of benzene rings is 1. The number of hydrogen-bond donors (Lipinski definition) is 3. The first-order valence-corrected chi connectivity index (χ1v) is 11.2. The molecule has 0 bridgehead atoms. The molecular formula is C23H40IN5O2. The van der Waals surface area contributed by atoms with Crippen LogP contribution in [0, 0.1) is 0 Å². The Morgan fingerprint density at radius 2 is 2.03 bits per heavy atom. The minimum absolute atomic E-state index is 0. The number of guanidine groups is 1. The van der Waals surface area contributed by atoms with E-state index in [1.54, 1.807) is 7.05 Å². The van der Waals surface area contributed by atoms with Crippen LogP contribution in [0.2, 0.25) is 0 Å². The van der Waals surface area contributed by atoms with Gasteiger partial charge in [-0.1, -0.05) is 12.1 Å². The fourth-order valence-electron chi connectivity index (χ4n) is 3.54. The van der Waals surface area contributed by atoms with E-state index in [0.29, 0.717) is 24.3 Å². The molecule has 7 nitrogen and oxygen atoms in total. The summed E-state index contributed by atoms with van der Waals surface area (Å²) >= 11 is 0. The van der Waals surface area contributed by atoms with Gasteiger partial charge in [0.15, 0.2) is 5.96 Å². The monoisotopic (exact) mass is 545 g/mol. The van der Waals surface area contributed by atoms with Crippen LogP contribution in [0.1, 0.15) is 49.5 Å². The van der Waals surface area contributed by atoms with E-state index in [9.17, 15) is 4.79 Å². The number of rotatable bonds is 10. The highest BCUT2D eigenvalue weighted by molar-refractivity contribution is 14.0. The van der Waals surface area contributed by atoms with Crippen LogP contribution in [0.15, 0.2) is 29.3 Å². The van der Waals surface area contributed by atoms with Crippen LogP contribution in [0.3, 0.4) is 0 Å². The highest BCUT2D eigenvalue weighted by atomic mass is 127. The molecule has 1 aliphatic rings. The van der Waals surface area contributed by atoms with Crippen molar-refractivity contribution >= 4 is 35.8 Å². The fourth-order valence-corrected chi connectivity index (χ4v) is 3.54. The third kappa shape index (κ3) is 10.7. The zero-order chi connectivity index (χ0) is 21.8. The number of carbonyl (C=O) groups excluding carboxylic acids is 1. The third-order valence-corrected chi connectivity index (χ3v) is 5.22. The van der Waals surface area contributed by atoms with E-state index in [2.05, 4.69) is 41.6 Å². The van der Waals surface area contributed by atoms with Gasteiger partial charge in [-0.3, -0.25) is 9.79 Å². The Bertz CT molecular complexity index is 676. The first-order chi connectivity index (χ1) is 14.5. The number of halogens is 1. The minimum atomic E-state index is -0.0579. The number of piperidine rings is 1. The van der Waals surface area contributed by atoms with Crippen molar-refractivity contribution in [1.82, 2.24) is 20.9 Å². The molecule has 8 heteroatoms. The first-order valence-electron chi connectivity index (χ1n) is 11.2. The lowest BCUT2D eigenvalue weighted by Crippen LogP contribution is -2.49. The number of nitrogens with one attached hydrogen (secondary N) is 3. The van der Waals surface area contributed by atoms with Gasteiger partial charge in [0, 0.05) is 51.4 Å². The lowest BCUT2D eigenvalue weighted by molar-refractivity contribution is 0.0532. The maximum atomic E-state index is 11.8. The molecule has 0 saturated carbocycles. The van der Waals surface area contributed by atoms with Crippen molar-refractivity contribution < 1.29 is 9.53 Å². The molecule has 0 aliphatic carbocycles. The van der Waals surface area contributed by atoms with Gasteiger partial charge in [0.05, 0.1) is 12.7 Å². The average Bonchev–Trinajstić information content (AvgIpc) is 2.74. The topological polar surface area (TPSA) is 78.0 Å². The highest BCUT2D eigenvalue weighted by Crippen LogP contribution is 2.10. The standard InChI is InChI=1S/C23H39N5O2.HI/c1-5-25-23(26-12-9-19-7-6-8-20(17-19)22(29)24-4)27-21-10-13-28(14-11-21)15-16-30-18(2)3;/h6-8,17-18,21H,5,9-16H2,1-4H3,(H,24,29)(H2,25,26,27);1H. The van der Waals surface area contributed by atoms with Crippen LogP contribution in [0.5, 0.6) is 0 Å². The maximum absolute atomic E-state index is 11.8. The SMILES string of the molecule is CCNC(=NCCc1cccc(C(=O)NC)c1)NC1CCN(CCOC(C)C)CC1.I. The van der Waals surface area contributed by atoms with E-state index >= 15 is 0 Å². The molecule has 1 amide bonds. The lowest BCUT2D eigenvalue weighted by atomic mass is 10.1. The summed E-state index contributed by atoms with van der Waals surface area (Å²) in [5.74, 6) is 0.819. The molecule has 0 aromatic heterocycles. The maximum Gasteiger partial charge on any atom is 0.251 e. The molecule has 1 heterocycles. The Morgan fingerprint density at radius 1 is 1.29 bits per heavy atom. The molecule has 0 spiro atoms. The number of ether oxygens (including phenoxy) is 1. The first kappa shape index (κ1) is 27.6. The Labute approximate surface area is 204 Å². The summed E-state index contributed by atoms with van der Waals surface area (Å²) < 4.78 is 5.67. The highest BCUT2D eigenvalue weighted by Gasteiger charge is 2.19. The molecule has 1 aliphatic heterocycles. The molecule has 0 radical (unpaired) electrons. The summed E-state index contributed by atoms with van der Waals surface area (Å²) in [6, 6.07) is 8.18. The lowest BCUT2D eigenvalue weighted by Gasteiger charge is -2.33. The molecule has 31 heavy (non-hydrogen) atoms. The third-order valence-electron chi connectivity index (χ3n) is 5.22. The zero-order valence-corrected chi connectivity index (χ0v) is 21.8. The molecule has 0 unspecified atom stereocenters. The molecule has 3 N–H and O–H groups in total. The van der Waals surface area contributed by atoms with Gasteiger partial charge >= 0.3 is 0 Å². The van der Waals surface area contributed by atoms with E-state index in [1.807, 2.05) is 24.3 Å². The molecule has 2 rings (SSSR count).